The largest absolute Gasteiger partial charge is 0.486 e. The first-order valence-electron chi connectivity index (χ1n) is 9.33. The Morgan fingerprint density at radius 1 is 1.19 bits per heavy atom. The number of nitrogens with zero attached hydrogens (tertiary/aromatic N) is 1. The van der Waals surface area contributed by atoms with Gasteiger partial charge in [0.1, 0.15) is 18.2 Å². The van der Waals surface area contributed by atoms with Gasteiger partial charge in [-0.3, -0.25) is 4.79 Å². The molecule has 32 heavy (non-hydrogen) atoms. The molecule has 0 saturated heterocycles. The predicted molar refractivity (Wildman–Crippen MR) is 141 cm³/mol. The zero-order valence-corrected chi connectivity index (χ0v) is 22.0. The van der Waals surface area contributed by atoms with Crippen LogP contribution in [0.5, 0.6) is 5.75 Å². The molecule has 0 aliphatic heterocycles. The molecule has 0 aliphatic rings. The smallest absolute Gasteiger partial charge is 0.266 e. The first-order valence-corrected chi connectivity index (χ1v) is 12.0. The van der Waals surface area contributed by atoms with Crippen molar-refractivity contribution in [1.82, 2.24) is 0 Å². The average molecular weight is 642 g/mol. The number of nitriles is 1. The van der Waals surface area contributed by atoms with E-state index in [0.717, 1.165) is 14.7 Å². The third-order valence-corrected chi connectivity index (χ3v) is 6.51. The molecule has 162 valence electrons. The molecule has 0 spiro atoms. The molecular weight excluding hydrogens is 626 g/mol. The number of anilines is 1. The van der Waals surface area contributed by atoms with E-state index in [1.54, 1.807) is 37.3 Å². The number of hydrogen-bond acceptors (Lipinski definition) is 3. The Bertz CT molecular complexity index is 1210. The van der Waals surface area contributed by atoms with Gasteiger partial charge in [0, 0.05) is 14.3 Å². The Labute approximate surface area is 218 Å². The molecule has 0 atom stereocenters. The second-order valence-corrected chi connectivity index (χ2v) is 9.68. The summed E-state index contributed by atoms with van der Waals surface area (Å²) < 4.78 is 7.63. The Kier molecular flexibility index (Phi) is 8.60. The van der Waals surface area contributed by atoms with Crippen LogP contribution in [0.3, 0.4) is 0 Å². The minimum Gasteiger partial charge on any atom is -0.486 e. The van der Waals surface area contributed by atoms with Crippen LogP contribution < -0.4 is 10.1 Å². The number of rotatable bonds is 6. The van der Waals surface area contributed by atoms with Crippen molar-refractivity contribution < 1.29 is 9.53 Å². The molecule has 1 N–H and O–H groups in total. The highest BCUT2D eigenvalue weighted by Crippen LogP contribution is 2.36. The molecule has 0 radical (unpaired) electrons. The van der Waals surface area contributed by atoms with Crippen molar-refractivity contribution in [1.29, 1.82) is 5.26 Å². The molecule has 0 heterocycles. The van der Waals surface area contributed by atoms with Gasteiger partial charge in [0.15, 0.2) is 5.75 Å². The van der Waals surface area contributed by atoms with Gasteiger partial charge < -0.3 is 10.1 Å². The van der Waals surface area contributed by atoms with Gasteiger partial charge in [0.25, 0.3) is 5.91 Å². The summed E-state index contributed by atoms with van der Waals surface area (Å²) in [6.07, 6.45) is 1.47. The van der Waals surface area contributed by atoms with Crippen molar-refractivity contribution in [2.75, 3.05) is 5.32 Å². The van der Waals surface area contributed by atoms with Crippen LogP contribution in [0.15, 0.2) is 64.6 Å². The van der Waals surface area contributed by atoms with Crippen LogP contribution in [0.1, 0.15) is 16.7 Å². The van der Waals surface area contributed by atoms with E-state index in [0.29, 0.717) is 38.1 Å². The summed E-state index contributed by atoms with van der Waals surface area (Å²) in [6, 6.07) is 18.5. The summed E-state index contributed by atoms with van der Waals surface area (Å²) in [7, 11) is 0. The highest BCUT2D eigenvalue weighted by Gasteiger charge is 2.14. The molecule has 3 aromatic rings. The number of carbonyl (C=O) groups excluding carboxylic acids is 1. The SMILES string of the molecule is Cc1c(Cl)cccc1NC(=O)/C(C#N)=C\c1cc(Cl)c(OCc2ccc(I)cc2)c(Br)c1. The molecule has 0 saturated carbocycles. The Balaban J connectivity index is 1.78. The maximum atomic E-state index is 12.6. The number of amides is 1. The number of nitrogens with one attached hydrogen (secondary N) is 1. The Morgan fingerprint density at radius 3 is 2.56 bits per heavy atom. The zero-order chi connectivity index (χ0) is 23.3. The lowest BCUT2D eigenvalue weighted by atomic mass is 10.1. The lowest BCUT2D eigenvalue weighted by Gasteiger charge is -2.12. The number of benzene rings is 3. The van der Waals surface area contributed by atoms with Crippen LogP contribution in [-0.4, -0.2) is 5.91 Å². The molecule has 0 bridgehead atoms. The van der Waals surface area contributed by atoms with Crippen molar-refractivity contribution in [3.8, 4) is 11.8 Å². The summed E-state index contributed by atoms with van der Waals surface area (Å²) in [5.74, 6) is -0.0518. The van der Waals surface area contributed by atoms with E-state index in [4.69, 9.17) is 27.9 Å². The van der Waals surface area contributed by atoms with Crippen molar-refractivity contribution in [2.45, 2.75) is 13.5 Å². The molecule has 1 amide bonds. The quantitative estimate of drug-likeness (QED) is 0.170. The molecular formula is C24H16BrCl2IN2O2. The minimum absolute atomic E-state index is 0.0695. The third kappa shape index (κ3) is 6.26. The molecule has 0 fully saturated rings. The third-order valence-electron chi connectivity index (χ3n) is 4.51. The first-order chi connectivity index (χ1) is 15.3. The van der Waals surface area contributed by atoms with Crippen molar-refractivity contribution in [3.05, 3.63) is 94.9 Å². The van der Waals surface area contributed by atoms with Crippen molar-refractivity contribution in [3.63, 3.8) is 0 Å². The normalized spacial score (nSPS) is 11.1. The molecule has 3 aromatic carbocycles. The van der Waals surface area contributed by atoms with Crippen LogP contribution in [0.2, 0.25) is 10.0 Å². The maximum Gasteiger partial charge on any atom is 0.266 e. The van der Waals surface area contributed by atoms with Gasteiger partial charge >= 0.3 is 0 Å². The monoisotopic (exact) mass is 640 g/mol. The van der Waals surface area contributed by atoms with Gasteiger partial charge in [0.2, 0.25) is 0 Å². The molecule has 0 unspecified atom stereocenters. The van der Waals surface area contributed by atoms with Crippen LogP contribution in [-0.2, 0) is 11.4 Å². The van der Waals surface area contributed by atoms with E-state index < -0.39 is 5.91 Å². The van der Waals surface area contributed by atoms with E-state index in [-0.39, 0.29) is 5.57 Å². The summed E-state index contributed by atoms with van der Waals surface area (Å²) >= 11 is 18.2. The fraction of sp³-hybridized carbons (Fsp3) is 0.0833. The maximum absolute atomic E-state index is 12.6. The van der Waals surface area contributed by atoms with Gasteiger partial charge in [-0.25, -0.2) is 0 Å². The lowest BCUT2D eigenvalue weighted by molar-refractivity contribution is -0.112. The van der Waals surface area contributed by atoms with Gasteiger partial charge in [-0.1, -0.05) is 41.4 Å². The molecule has 8 heteroatoms. The zero-order valence-electron chi connectivity index (χ0n) is 16.8. The number of halogens is 4. The summed E-state index contributed by atoms with van der Waals surface area (Å²) in [5, 5.41) is 13.1. The fourth-order valence-electron chi connectivity index (χ4n) is 2.78. The molecule has 0 aliphatic carbocycles. The van der Waals surface area contributed by atoms with Gasteiger partial charge in [0.05, 0.1) is 9.50 Å². The molecule has 4 nitrogen and oxygen atoms in total. The summed E-state index contributed by atoms with van der Waals surface area (Å²) in [6.45, 7) is 2.15. The fourth-order valence-corrected chi connectivity index (χ4v) is 4.31. The lowest BCUT2D eigenvalue weighted by Crippen LogP contribution is -2.14. The minimum atomic E-state index is -0.538. The standard InChI is InChI=1S/C24H16BrCl2IN2O2/c1-14-20(26)3-2-4-22(14)30-24(31)17(12-29)9-16-10-19(25)23(21(27)11-16)32-13-15-5-7-18(28)8-6-15/h2-11H,13H2,1H3,(H,30,31)/b17-9-. The highest BCUT2D eigenvalue weighted by atomic mass is 127. The Hall–Kier alpha value is -2.05. The van der Waals surface area contributed by atoms with Crippen molar-refractivity contribution in [2.24, 2.45) is 0 Å². The number of carbonyl (C=O) groups is 1. The van der Waals surface area contributed by atoms with E-state index in [1.807, 2.05) is 30.3 Å². The van der Waals surface area contributed by atoms with E-state index in [2.05, 4.69) is 43.8 Å². The molecule has 3 rings (SSSR count). The van der Waals surface area contributed by atoms with Crippen molar-refractivity contribution >= 4 is 79.4 Å². The second kappa shape index (κ2) is 11.2. The Morgan fingerprint density at radius 2 is 1.91 bits per heavy atom. The van der Waals surface area contributed by atoms with Crippen LogP contribution in [0, 0.1) is 21.8 Å². The van der Waals surface area contributed by atoms with Crippen LogP contribution >= 0.6 is 61.7 Å². The van der Waals surface area contributed by atoms with Gasteiger partial charge in [-0.2, -0.15) is 5.26 Å². The second-order valence-electron chi connectivity index (χ2n) is 6.77. The number of hydrogen-bond donors (Lipinski definition) is 1. The first kappa shape index (κ1) is 24.6. The average Bonchev–Trinajstić information content (AvgIpc) is 2.76. The van der Waals surface area contributed by atoms with Crippen LogP contribution in [0.25, 0.3) is 6.08 Å². The predicted octanol–water partition coefficient (Wildman–Crippen LogP) is 7.79. The van der Waals surface area contributed by atoms with Gasteiger partial charge in [-0.05, 0) is 105 Å². The van der Waals surface area contributed by atoms with E-state index >= 15 is 0 Å². The summed E-state index contributed by atoms with van der Waals surface area (Å²) in [5.41, 5.74) is 2.79. The van der Waals surface area contributed by atoms with Gasteiger partial charge in [-0.15, -0.1) is 0 Å². The number of ether oxygens (including phenoxy) is 1. The molecule has 0 aromatic heterocycles. The topological polar surface area (TPSA) is 62.1 Å². The van der Waals surface area contributed by atoms with Crippen LogP contribution in [0.4, 0.5) is 5.69 Å². The van der Waals surface area contributed by atoms with E-state index in [9.17, 15) is 10.1 Å². The highest BCUT2D eigenvalue weighted by molar-refractivity contribution is 14.1. The van der Waals surface area contributed by atoms with E-state index in [1.165, 1.54) is 6.08 Å². The summed E-state index contributed by atoms with van der Waals surface area (Å²) in [4.78, 5) is 12.6.